The highest BCUT2D eigenvalue weighted by Crippen LogP contribution is 2.26. The topological polar surface area (TPSA) is 80.3 Å². The Morgan fingerprint density at radius 1 is 1.07 bits per heavy atom. The fourth-order valence-corrected chi connectivity index (χ4v) is 3.92. The molecule has 2 N–H and O–H groups in total. The van der Waals surface area contributed by atoms with Crippen molar-refractivity contribution in [3.05, 3.63) is 58.9 Å². The van der Waals surface area contributed by atoms with Crippen molar-refractivity contribution in [3.63, 3.8) is 0 Å². The number of aromatic nitrogens is 1. The van der Waals surface area contributed by atoms with E-state index in [1.54, 1.807) is 12.4 Å². The molecule has 1 aliphatic carbocycles. The maximum Gasteiger partial charge on any atom is 0.251 e. The molecule has 0 spiro atoms. The third kappa shape index (κ3) is 6.05. The van der Waals surface area contributed by atoms with Crippen LogP contribution in [0, 0.1) is 19.8 Å². The third-order valence-electron chi connectivity index (χ3n) is 5.51. The lowest BCUT2D eigenvalue weighted by atomic mass is 9.89. The molecule has 1 aromatic carbocycles. The average Bonchev–Trinajstić information content (AvgIpc) is 2.77. The number of rotatable bonds is 8. The summed E-state index contributed by atoms with van der Waals surface area (Å²) in [5, 5.41) is 5.83. The SMILES string of the molecule is Cc1cc(C(=O)NCCNC(=O)C2CCCCC2)cc(C)c1OCc1cccnc1. The van der Waals surface area contributed by atoms with Crippen LogP contribution in [-0.2, 0) is 11.4 Å². The number of ether oxygens (including phenoxy) is 1. The molecule has 160 valence electrons. The Kier molecular flexibility index (Phi) is 7.82. The van der Waals surface area contributed by atoms with Crippen molar-refractivity contribution in [2.75, 3.05) is 13.1 Å². The van der Waals surface area contributed by atoms with Crippen LogP contribution in [0.3, 0.4) is 0 Å². The second-order valence-corrected chi connectivity index (χ2v) is 7.97. The van der Waals surface area contributed by atoms with Gasteiger partial charge in [0.05, 0.1) is 0 Å². The van der Waals surface area contributed by atoms with E-state index in [-0.39, 0.29) is 17.7 Å². The van der Waals surface area contributed by atoms with Gasteiger partial charge in [0.2, 0.25) is 5.91 Å². The number of hydrogen-bond donors (Lipinski definition) is 2. The van der Waals surface area contributed by atoms with Crippen LogP contribution in [0.2, 0.25) is 0 Å². The van der Waals surface area contributed by atoms with Crippen molar-refractivity contribution in [3.8, 4) is 5.75 Å². The molecule has 1 fully saturated rings. The molecule has 0 radical (unpaired) electrons. The van der Waals surface area contributed by atoms with Gasteiger partial charge in [-0.05, 0) is 56.0 Å². The van der Waals surface area contributed by atoms with Crippen LogP contribution in [0.5, 0.6) is 5.75 Å². The first kappa shape index (κ1) is 21.8. The van der Waals surface area contributed by atoms with Crippen LogP contribution >= 0.6 is 0 Å². The monoisotopic (exact) mass is 409 g/mol. The summed E-state index contributed by atoms with van der Waals surface area (Å²) in [5.41, 5.74) is 3.41. The smallest absolute Gasteiger partial charge is 0.251 e. The van der Waals surface area contributed by atoms with Gasteiger partial charge < -0.3 is 15.4 Å². The standard InChI is InChI=1S/C24H31N3O3/c1-17-13-21(14-18(2)22(17)30-16-19-7-6-10-25-15-19)24(29)27-12-11-26-23(28)20-8-4-3-5-9-20/h6-7,10,13-15,20H,3-5,8-9,11-12,16H2,1-2H3,(H,26,28)(H,27,29). The Morgan fingerprint density at radius 2 is 1.77 bits per heavy atom. The summed E-state index contributed by atoms with van der Waals surface area (Å²) in [5.74, 6) is 0.895. The molecule has 0 saturated heterocycles. The first-order chi connectivity index (χ1) is 14.5. The summed E-state index contributed by atoms with van der Waals surface area (Å²) in [6.07, 6.45) is 8.96. The van der Waals surface area contributed by atoms with Crippen LogP contribution in [0.1, 0.15) is 59.2 Å². The molecule has 1 aliphatic rings. The van der Waals surface area contributed by atoms with Gasteiger partial charge in [0.15, 0.2) is 0 Å². The zero-order valence-electron chi connectivity index (χ0n) is 17.9. The zero-order chi connectivity index (χ0) is 21.3. The van der Waals surface area contributed by atoms with Crippen LogP contribution < -0.4 is 15.4 Å². The largest absolute Gasteiger partial charge is 0.488 e. The summed E-state index contributed by atoms with van der Waals surface area (Å²) in [6, 6.07) is 7.51. The summed E-state index contributed by atoms with van der Waals surface area (Å²) in [6.45, 7) is 5.17. The molecule has 6 heteroatoms. The van der Waals surface area contributed by atoms with Gasteiger partial charge in [-0.3, -0.25) is 14.6 Å². The molecular weight excluding hydrogens is 378 g/mol. The van der Waals surface area contributed by atoms with E-state index >= 15 is 0 Å². The van der Waals surface area contributed by atoms with Crippen molar-refractivity contribution in [2.45, 2.75) is 52.6 Å². The first-order valence-electron chi connectivity index (χ1n) is 10.7. The van der Waals surface area contributed by atoms with Crippen LogP contribution in [-0.4, -0.2) is 29.9 Å². The first-order valence-corrected chi connectivity index (χ1v) is 10.7. The van der Waals surface area contributed by atoms with Gasteiger partial charge in [-0.1, -0.05) is 25.3 Å². The molecule has 2 amide bonds. The minimum Gasteiger partial charge on any atom is -0.488 e. The van der Waals surface area contributed by atoms with E-state index in [9.17, 15) is 9.59 Å². The van der Waals surface area contributed by atoms with Crippen LogP contribution in [0.25, 0.3) is 0 Å². The zero-order valence-corrected chi connectivity index (χ0v) is 17.9. The number of carbonyl (C=O) groups excluding carboxylic acids is 2. The molecule has 1 heterocycles. The predicted molar refractivity (Wildman–Crippen MR) is 116 cm³/mol. The van der Waals surface area contributed by atoms with E-state index in [0.717, 1.165) is 48.1 Å². The minimum atomic E-state index is -0.146. The highest BCUT2D eigenvalue weighted by Gasteiger charge is 2.20. The number of nitrogens with one attached hydrogen (secondary N) is 2. The third-order valence-corrected chi connectivity index (χ3v) is 5.51. The fraction of sp³-hybridized carbons (Fsp3) is 0.458. The van der Waals surface area contributed by atoms with Crippen molar-refractivity contribution < 1.29 is 14.3 Å². The minimum absolute atomic E-state index is 0.116. The van der Waals surface area contributed by atoms with Crippen LogP contribution in [0.15, 0.2) is 36.7 Å². The number of pyridine rings is 1. The quantitative estimate of drug-likeness (QED) is 0.652. The maximum absolute atomic E-state index is 12.5. The molecule has 0 bridgehead atoms. The second-order valence-electron chi connectivity index (χ2n) is 7.97. The van der Waals surface area contributed by atoms with E-state index in [1.807, 2.05) is 38.1 Å². The van der Waals surface area contributed by atoms with E-state index in [4.69, 9.17) is 4.74 Å². The number of benzene rings is 1. The van der Waals surface area contributed by atoms with Gasteiger partial charge in [-0.2, -0.15) is 0 Å². The normalized spacial score (nSPS) is 14.2. The number of carbonyl (C=O) groups is 2. The Labute approximate surface area is 178 Å². The number of aryl methyl sites for hydroxylation is 2. The van der Waals surface area contributed by atoms with E-state index in [2.05, 4.69) is 15.6 Å². The van der Waals surface area contributed by atoms with Gasteiger partial charge in [0, 0.05) is 42.5 Å². The summed E-state index contributed by atoms with van der Waals surface area (Å²) in [4.78, 5) is 28.8. The molecule has 2 aromatic rings. The van der Waals surface area contributed by atoms with Gasteiger partial charge in [0.1, 0.15) is 12.4 Å². The number of amides is 2. The average molecular weight is 410 g/mol. The van der Waals surface area contributed by atoms with E-state index < -0.39 is 0 Å². The Hall–Kier alpha value is -2.89. The summed E-state index contributed by atoms with van der Waals surface area (Å²) < 4.78 is 5.95. The molecule has 3 rings (SSSR count). The van der Waals surface area contributed by atoms with Crippen molar-refractivity contribution in [1.29, 1.82) is 0 Å². The lowest BCUT2D eigenvalue weighted by Gasteiger charge is -2.20. The summed E-state index contributed by atoms with van der Waals surface area (Å²) >= 11 is 0. The Morgan fingerprint density at radius 3 is 2.43 bits per heavy atom. The van der Waals surface area contributed by atoms with Gasteiger partial charge in [0.25, 0.3) is 5.91 Å². The van der Waals surface area contributed by atoms with Crippen LogP contribution in [0.4, 0.5) is 0 Å². The Balaban J connectivity index is 1.47. The highest BCUT2D eigenvalue weighted by atomic mass is 16.5. The van der Waals surface area contributed by atoms with Gasteiger partial charge >= 0.3 is 0 Å². The maximum atomic E-state index is 12.5. The van der Waals surface area contributed by atoms with Crippen molar-refractivity contribution >= 4 is 11.8 Å². The molecule has 30 heavy (non-hydrogen) atoms. The molecule has 6 nitrogen and oxygen atoms in total. The number of nitrogens with zero attached hydrogens (tertiary/aromatic N) is 1. The van der Waals surface area contributed by atoms with Gasteiger partial charge in [-0.25, -0.2) is 0 Å². The second kappa shape index (κ2) is 10.8. The molecule has 0 atom stereocenters. The van der Waals surface area contributed by atoms with Crippen molar-refractivity contribution in [1.82, 2.24) is 15.6 Å². The van der Waals surface area contributed by atoms with Crippen molar-refractivity contribution in [2.24, 2.45) is 5.92 Å². The molecule has 0 aliphatic heterocycles. The highest BCUT2D eigenvalue weighted by molar-refractivity contribution is 5.95. The predicted octanol–water partition coefficient (Wildman–Crippen LogP) is 3.70. The molecular formula is C24H31N3O3. The van der Waals surface area contributed by atoms with Gasteiger partial charge in [-0.15, -0.1) is 0 Å². The van der Waals surface area contributed by atoms with E-state index in [0.29, 0.717) is 25.3 Å². The lowest BCUT2D eigenvalue weighted by molar-refractivity contribution is -0.125. The van der Waals surface area contributed by atoms with E-state index in [1.165, 1.54) is 6.42 Å². The number of hydrogen-bond acceptors (Lipinski definition) is 4. The molecule has 1 aromatic heterocycles. The fourth-order valence-electron chi connectivity index (χ4n) is 3.92. The summed E-state index contributed by atoms with van der Waals surface area (Å²) in [7, 11) is 0. The lowest BCUT2D eigenvalue weighted by Crippen LogP contribution is -2.38. The molecule has 0 unspecified atom stereocenters. The molecule has 1 saturated carbocycles. The Bertz CT molecular complexity index is 838.